The van der Waals surface area contributed by atoms with Crippen molar-refractivity contribution in [1.82, 2.24) is 15.3 Å². The third-order valence-corrected chi connectivity index (χ3v) is 11.1. The summed E-state index contributed by atoms with van der Waals surface area (Å²) in [6.45, 7) is 0.956. The molecule has 4 N–H and O–H groups in total. The predicted octanol–water partition coefficient (Wildman–Crippen LogP) is 8.01. The standard InChI is InChI=1S/C29H26ClFN4O4S.2C6H6O3S/c1-40(36,37)12-11-32-16-23-7-10-27(39-23)20-5-8-26-24(14-20)29(34-18-33-26)35-22-6-9-28(25(30)15-22)38-17-19-3-2-4-21(31)13-19;2*7-10(8,9)6-4-2-1-3-5-6/h2-10,13-15,18,32H,11-12,16-17H2,1H3,(H,33,34,35);2*1-5H,(H,7,8,9). The molecule has 0 spiro atoms. The number of benzene rings is 5. The van der Waals surface area contributed by atoms with Gasteiger partial charge in [0.05, 0.1) is 32.6 Å². The van der Waals surface area contributed by atoms with Gasteiger partial charge in [-0.15, -0.1) is 0 Å². The number of hydrogen-bond donors (Lipinski definition) is 4. The van der Waals surface area contributed by atoms with Gasteiger partial charge >= 0.3 is 0 Å². The van der Waals surface area contributed by atoms with Crippen LogP contribution in [0.25, 0.3) is 22.2 Å². The first-order chi connectivity index (χ1) is 28.4. The van der Waals surface area contributed by atoms with Crippen LogP contribution in [0, 0.1) is 5.82 Å². The lowest BCUT2D eigenvalue weighted by Gasteiger charge is -2.12. The van der Waals surface area contributed by atoms with Crippen LogP contribution in [-0.4, -0.2) is 62.9 Å². The Balaban J connectivity index is 0.000000277. The van der Waals surface area contributed by atoms with Crippen molar-refractivity contribution >= 4 is 64.1 Å². The largest absolute Gasteiger partial charge is 0.487 e. The summed E-state index contributed by atoms with van der Waals surface area (Å²) in [5.41, 5.74) is 2.99. The van der Waals surface area contributed by atoms with Crippen molar-refractivity contribution in [2.24, 2.45) is 0 Å². The number of nitrogens with one attached hydrogen (secondary N) is 2. The molecule has 314 valence electrons. The van der Waals surface area contributed by atoms with Crippen LogP contribution in [0.15, 0.2) is 154 Å². The molecule has 60 heavy (non-hydrogen) atoms. The molecule has 0 aliphatic carbocycles. The molecule has 0 saturated carbocycles. The molecule has 2 heterocycles. The first-order valence-electron chi connectivity index (χ1n) is 17.7. The number of nitrogens with zero attached hydrogens (tertiary/aromatic N) is 2. The summed E-state index contributed by atoms with van der Waals surface area (Å²) >= 11 is 6.47. The lowest BCUT2D eigenvalue weighted by molar-refractivity contribution is 0.306. The number of ether oxygens (including phenoxy) is 1. The molecule has 14 nitrogen and oxygen atoms in total. The quantitative estimate of drug-likeness (QED) is 0.0638. The van der Waals surface area contributed by atoms with E-state index in [9.17, 15) is 29.6 Å². The zero-order chi connectivity index (χ0) is 43.3. The van der Waals surface area contributed by atoms with E-state index in [1.165, 1.54) is 49.0 Å². The van der Waals surface area contributed by atoms with E-state index < -0.39 is 30.1 Å². The highest BCUT2D eigenvalue weighted by molar-refractivity contribution is 7.90. The molecule has 7 aromatic rings. The van der Waals surface area contributed by atoms with Crippen molar-refractivity contribution in [3.05, 3.63) is 162 Å². The molecule has 0 aliphatic heterocycles. The second-order valence-electron chi connectivity index (χ2n) is 12.8. The van der Waals surface area contributed by atoms with Crippen LogP contribution >= 0.6 is 11.6 Å². The molecule has 0 aliphatic rings. The van der Waals surface area contributed by atoms with Crippen LogP contribution in [0.5, 0.6) is 5.75 Å². The Morgan fingerprint density at radius 3 is 2.00 bits per heavy atom. The van der Waals surface area contributed by atoms with Crippen LogP contribution in [0.1, 0.15) is 11.3 Å². The molecule has 0 radical (unpaired) electrons. The van der Waals surface area contributed by atoms with Gasteiger partial charge in [-0.05, 0) is 90.5 Å². The normalized spacial score (nSPS) is 11.5. The van der Waals surface area contributed by atoms with Gasteiger partial charge in [-0.25, -0.2) is 22.8 Å². The fraction of sp³-hybridized carbons (Fsp3) is 0.122. The number of rotatable bonds is 13. The van der Waals surface area contributed by atoms with Crippen LogP contribution in [-0.2, 0) is 43.2 Å². The number of sulfone groups is 1. The number of fused-ring (bicyclic) bond motifs is 1. The maximum absolute atomic E-state index is 13.4. The summed E-state index contributed by atoms with van der Waals surface area (Å²) in [7, 11) is -11.0. The summed E-state index contributed by atoms with van der Waals surface area (Å²) in [6, 6.07) is 35.8. The minimum atomic E-state index is -4.00. The highest BCUT2D eigenvalue weighted by Gasteiger charge is 2.12. The fourth-order valence-electron chi connectivity index (χ4n) is 5.21. The number of aromatic nitrogens is 2. The van der Waals surface area contributed by atoms with Gasteiger partial charge in [0.1, 0.15) is 51.7 Å². The van der Waals surface area contributed by atoms with E-state index in [4.69, 9.17) is 29.9 Å². The Bertz CT molecular complexity index is 2800. The second-order valence-corrected chi connectivity index (χ2v) is 18.3. The van der Waals surface area contributed by atoms with E-state index in [-0.39, 0.29) is 28.0 Å². The topological polar surface area (TPSA) is 215 Å². The third-order valence-electron chi connectivity index (χ3n) is 8.09. The van der Waals surface area contributed by atoms with Gasteiger partial charge in [0.15, 0.2) is 0 Å². The van der Waals surface area contributed by atoms with Crippen molar-refractivity contribution in [3.63, 3.8) is 0 Å². The van der Waals surface area contributed by atoms with Gasteiger partial charge in [-0.2, -0.15) is 16.8 Å². The maximum Gasteiger partial charge on any atom is 0.294 e. The van der Waals surface area contributed by atoms with E-state index >= 15 is 0 Å². The molecule has 0 amide bonds. The first-order valence-corrected chi connectivity index (χ1v) is 23.0. The Morgan fingerprint density at radius 2 is 1.42 bits per heavy atom. The minimum absolute atomic E-state index is 0.0664. The average molecular weight is 897 g/mol. The first kappa shape index (κ1) is 45.4. The van der Waals surface area contributed by atoms with E-state index in [2.05, 4.69) is 20.6 Å². The zero-order valence-electron chi connectivity index (χ0n) is 31.6. The molecular weight excluding hydrogens is 859 g/mol. The molecule has 0 fully saturated rings. The smallest absolute Gasteiger partial charge is 0.294 e. The number of hydrogen-bond acceptors (Lipinski definition) is 12. The molecule has 0 bridgehead atoms. The van der Waals surface area contributed by atoms with Crippen LogP contribution in [0.3, 0.4) is 0 Å². The summed E-state index contributed by atoms with van der Waals surface area (Å²) in [5.74, 6) is 2.17. The van der Waals surface area contributed by atoms with Gasteiger partial charge in [0.25, 0.3) is 20.2 Å². The fourth-order valence-corrected chi connectivity index (χ4v) is 6.96. The van der Waals surface area contributed by atoms with Gasteiger partial charge in [-0.1, -0.05) is 60.1 Å². The van der Waals surface area contributed by atoms with Crippen molar-refractivity contribution in [3.8, 4) is 17.1 Å². The SMILES string of the molecule is CS(=O)(=O)CCNCc1ccc(-c2ccc3ncnc(Nc4ccc(OCc5cccc(F)c5)c(Cl)c4)c3c2)o1.O=S(=O)(O)c1ccccc1.O=S(=O)(O)c1ccccc1. The molecule has 0 unspecified atom stereocenters. The van der Waals surface area contributed by atoms with Crippen molar-refractivity contribution in [2.75, 3.05) is 23.9 Å². The molecule has 5 aromatic carbocycles. The minimum Gasteiger partial charge on any atom is -0.487 e. The highest BCUT2D eigenvalue weighted by Crippen LogP contribution is 2.33. The van der Waals surface area contributed by atoms with E-state index in [1.54, 1.807) is 60.7 Å². The average Bonchev–Trinajstić information content (AvgIpc) is 3.69. The number of furan rings is 1. The Labute approximate surface area is 351 Å². The third kappa shape index (κ3) is 14.2. The highest BCUT2D eigenvalue weighted by atomic mass is 35.5. The lowest BCUT2D eigenvalue weighted by Crippen LogP contribution is -2.21. The molecule has 0 atom stereocenters. The summed E-state index contributed by atoms with van der Waals surface area (Å²) in [5, 5.41) is 7.56. The summed E-state index contributed by atoms with van der Waals surface area (Å²) < 4.78 is 106. The van der Waals surface area contributed by atoms with Gasteiger partial charge in [0, 0.05) is 29.4 Å². The predicted molar refractivity (Wildman–Crippen MR) is 227 cm³/mol. The Kier molecular flexibility index (Phi) is 15.5. The Hall–Kier alpha value is -5.73. The monoisotopic (exact) mass is 896 g/mol. The lowest BCUT2D eigenvalue weighted by atomic mass is 10.1. The summed E-state index contributed by atoms with van der Waals surface area (Å²) in [6.07, 6.45) is 2.69. The summed E-state index contributed by atoms with van der Waals surface area (Å²) in [4.78, 5) is 8.65. The van der Waals surface area contributed by atoms with Crippen LogP contribution in [0.2, 0.25) is 5.02 Å². The zero-order valence-corrected chi connectivity index (χ0v) is 34.8. The molecular formula is C41H38ClFN4O10S3. The van der Waals surface area contributed by atoms with Crippen molar-refractivity contribution in [2.45, 2.75) is 22.9 Å². The van der Waals surface area contributed by atoms with Crippen LogP contribution < -0.4 is 15.4 Å². The Morgan fingerprint density at radius 1 is 0.750 bits per heavy atom. The molecule has 0 saturated heterocycles. The van der Waals surface area contributed by atoms with Gasteiger partial charge < -0.3 is 19.8 Å². The van der Waals surface area contributed by atoms with Crippen molar-refractivity contribution in [1.29, 1.82) is 0 Å². The van der Waals surface area contributed by atoms with E-state index in [0.29, 0.717) is 52.5 Å². The van der Waals surface area contributed by atoms with E-state index in [1.807, 2.05) is 36.4 Å². The van der Waals surface area contributed by atoms with Crippen molar-refractivity contribution < 1.29 is 47.9 Å². The molecule has 7 rings (SSSR count). The maximum atomic E-state index is 13.4. The van der Waals surface area contributed by atoms with Gasteiger partial charge in [0.2, 0.25) is 0 Å². The van der Waals surface area contributed by atoms with Gasteiger partial charge in [-0.3, -0.25) is 9.11 Å². The molecule has 19 heteroatoms. The number of halogens is 2. The molecule has 2 aromatic heterocycles. The number of anilines is 2. The van der Waals surface area contributed by atoms with E-state index in [0.717, 1.165) is 16.5 Å². The second kappa shape index (κ2) is 20.5. The van der Waals surface area contributed by atoms with Crippen LogP contribution in [0.4, 0.5) is 15.9 Å².